The highest BCUT2D eigenvalue weighted by Crippen LogP contribution is 2.30. The second-order valence-corrected chi connectivity index (χ2v) is 19.4. The zero-order valence-electron chi connectivity index (χ0n) is 38.4. The number of carbonyl (C=O) groups is 5. The van der Waals surface area contributed by atoms with Crippen molar-refractivity contribution >= 4 is 40.9 Å². The number of aromatic nitrogens is 4. The molecule has 0 spiro atoms. The van der Waals surface area contributed by atoms with Crippen molar-refractivity contribution in [3.63, 3.8) is 0 Å². The van der Waals surface area contributed by atoms with Gasteiger partial charge in [-0.05, 0) is 69.4 Å². The fraction of sp³-hybridized carbons (Fsp3) is 0.636. The predicted octanol–water partition coefficient (Wildman–Crippen LogP) is 3.76. The van der Waals surface area contributed by atoms with Crippen LogP contribution in [0.3, 0.4) is 0 Å². The molecule has 3 aromatic rings. The standard InChI is InChI=1S/C44H66N10O9S/c1-29-37(64-28-47-29)31-16-14-30(15-17-31)23-46-39(58)34-12-10-21-54(34)40(59)38(42(2,3)4)49-41(60)43(5,6)19-22-62-44(7,8)27-53-24-32(50-51-53)11-9-13-35(56)45-20-18-36(57)48-33(25-55)26-63-52-61/h14-17,24,28,33-34,38,55H,9-13,18-23,25-27H2,1-8H3,(H,45,56)(H,46,58)(H,48,57)(H,49,60). The van der Waals surface area contributed by atoms with Crippen molar-refractivity contribution in [2.75, 3.05) is 32.9 Å². The lowest BCUT2D eigenvalue weighted by Gasteiger charge is -2.37. The van der Waals surface area contributed by atoms with Gasteiger partial charge >= 0.3 is 0 Å². The molecule has 5 N–H and O–H groups in total. The summed E-state index contributed by atoms with van der Waals surface area (Å²) in [7, 11) is 0. The van der Waals surface area contributed by atoms with Crippen molar-refractivity contribution in [2.24, 2.45) is 16.2 Å². The summed E-state index contributed by atoms with van der Waals surface area (Å²) in [6.45, 7) is 16.0. The third-order valence-electron chi connectivity index (χ3n) is 11.0. The minimum atomic E-state index is -0.886. The van der Waals surface area contributed by atoms with Crippen LogP contribution < -0.4 is 21.3 Å². The minimum absolute atomic E-state index is 0.0124. The van der Waals surface area contributed by atoms with Crippen LogP contribution in [0.25, 0.3) is 10.4 Å². The van der Waals surface area contributed by atoms with E-state index in [9.17, 15) is 34.0 Å². The van der Waals surface area contributed by atoms with Gasteiger partial charge in [-0.25, -0.2) is 9.67 Å². The molecule has 0 radical (unpaired) electrons. The highest BCUT2D eigenvalue weighted by Gasteiger charge is 2.43. The van der Waals surface area contributed by atoms with E-state index in [0.29, 0.717) is 57.4 Å². The number of nitrogens with zero attached hydrogens (tertiary/aromatic N) is 6. The first kappa shape index (κ1) is 51.3. The molecule has 0 aliphatic carbocycles. The van der Waals surface area contributed by atoms with Crippen LogP contribution in [-0.4, -0.2) is 116 Å². The van der Waals surface area contributed by atoms with Gasteiger partial charge in [-0.15, -0.1) is 21.3 Å². The predicted molar refractivity (Wildman–Crippen MR) is 240 cm³/mol. The number of aliphatic hydroxyl groups is 1. The van der Waals surface area contributed by atoms with E-state index in [4.69, 9.17) is 4.74 Å². The lowest BCUT2D eigenvalue weighted by molar-refractivity contribution is -0.145. The fourth-order valence-corrected chi connectivity index (χ4v) is 7.97. The van der Waals surface area contributed by atoms with Gasteiger partial charge in [0.05, 0.1) is 46.6 Å². The Morgan fingerprint density at radius 1 is 1.00 bits per heavy atom. The van der Waals surface area contributed by atoms with E-state index in [1.807, 2.05) is 85.2 Å². The quantitative estimate of drug-likeness (QED) is 0.0603. The molecule has 1 aliphatic heterocycles. The van der Waals surface area contributed by atoms with Crippen LogP contribution >= 0.6 is 11.3 Å². The second kappa shape index (κ2) is 23.5. The Balaban J connectivity index is 1.20. The average molecular weight is 911 g/mol. The largest absolute Gasteiger partial charge is 0.394 e. The number of carbonyl (C=O) groups excluding carboxylic acids is 5. The molecule has 1 fully saturated rings. The van der Waals surface area contributed by atoms with E-state index < -0.39 is 47.1 Å². The summed E-state index contributed by atoms with van der Waals surface area (Å²) < 4.78 is 7.93. The summed E-state index contributed by atoms with van der Waals surface area (Å²) in [6.07, 6.45) is 4.63. The number of nitrogens with one attached hydrogen (secondary N) is 4. The highest BCUT2D eigenvalue weighted by molar-refractivity contribution is 7.13. The van der Waals surface area contributed by atoms with Gasteiger partial charge in [-0.1, -0.05) is 64.1 Å². The average Bonchev–Trinajstić information content (AvgIpc) is 4.01. The van der Waals surface area contributed by atoms with Gasteiger partial charge in [0.15, 0.2) is 5.34 Å². The van der Waals surface area contributed by atoms with Crippen LogP contribution in [0.4, 0.5) is 0 Å². The summed E-state index contributed by atoms with van der Waals surface area (Å²) in [4.78, 5) is 87.3. The summed E-state index contributed by atoms with van der Waals surface area (Å²) in [5.41, 5.74) is 3.34. The maximum Gasteiger partial charge on any atom is 0.246 e. The Kier molecular flexibility index (Phi) is 18.9. The Morgan fingerprint density at radius 3 is 2.39 bits per heavy atom. The van der Waals surface area contributed by atoms with E-state index in [0.717, 1.165) is 21.7 Å². The van der Waals surface area contributed by atoms with Crippen molar-refractivity contribution in [1.29, 1.82) is 0 Å². The zero-order valence-corrected chi connectivity index (χ0v) is 39.2. The molecule has 20 heteroatoms. The third kappa shape index (κ3) is 15.7. The number of hydrogen-bond donors (Lipinski definition) is 5. The second-order valence-electron chi connectivity index (χ2n) is 18.6. The van der Waals surface area contributed by atoms with Crippen molar-refractivity contribution in [2.45, 2.75) is 137 Å². The maximum atomic E-state index is 14.2. The van der Waals surface area contributed by atoms with Gasteiger partial charge in [-0.2, -0.15) is 0 Å². The molecular weight excluding hydrogens is 845 g/mol. The van der Waals surface area contributed by atoms with E-state index in [1.54, 1.807) is 27.1 Å². The lowest BCUT2D eigenvalue weighted by Crippen LogP contribution is -2.59. The number of rotatable bonds is 25. The van der Waals surface area contributed by atoms with Crippen LogP contribution in [-0.2, 0) is 53.1 Å². The van der Waals surface area contributed by atoms with Crippen LogP contribution in [0.15, 0.2) is 41.3 Å². The van der Waals surface area contributed by atoms with Gasteiger partial charge in [0.1, 0.15) is 18.7 Å². The van der Waals surface area contributed by atoms with E-state index in [-0.39, 0.29) is 56.2 Å². The molecule has 1 aromatic carbocycles. The summed E-state index contributed by atoms with van der Waals surface area (Å²) >= 11 is 1.59. The Morgan fingerprint density at radius 2 is 1.73 bits per heavy atom. The third-order valence-corrected chi connectivity index (χ3v) is 12.0. The van der Waals surface area contributed by atoms with Crippen molar-refractivity contribution < 1.29 is 38.7 Å². The fourth-order valence-electron chi connectivity index (χ4n) is 7.16. The number of hydrogen-bond acceptors (Lipinski definition) is 14. The summed E-state index contributed by atoms with van der Waals surface area (Å²) in [5, 5.41) is 31.2. The summed E-state index contributed by atoms with van der Waals surface area (Å²) in [5.74, 6) is -1.42. The molecule has 4 rings (SSSR count). The first-order chi connectivity index (χ1) is 30.2. The minimum Gasteiger partial charge on any atom is -0.394 e. The van der Waals surface area contributed by atoms with Crippen molar-refractivity contribution in [3.8, 4) is 10.4 Å². The maximum absolute atomic E-state index is 14.2. The number of likely N-dealkylation sites (tertiary alicyclic amines) is 1. The van der Waals surface area contributed by atoms with Crippen molar-refractivity contribution in [1.82, 2.24) is 46.1 Å². The Labute approximate surface area is 379 Å². The number of thiazole rings is 1. The molecule has 5 amide bonds. The zero-order chi connectivity index (χ0) is 47.1. The van der Waals surface area contributed by atoms with Gasteiger partial charge in [-0.3, -0.25) is 24.0 Å². The molecule has 3 heterocycles. The number of aryl methyl sites for hydroxylation is 2. The van der Waals surface area contributed by atoms with E-state index >= 15 is 0 Å². The molecule has 64 heavy (non-hydrogen) atoms. The van der Waals surface area contributed by atoms with Crippen LogP contribution in [0.1, 0.15) is 104 Å². The van der Waals surface area contributed by atoms with E-state index in [1.165, 1.54) is 0 Å². The molecule has 3 unspecified atom stereocenters. The first-order valence-corrected chi connectivity index (χ1v) is 22.6. The van der Waals surface area contributed by atoms with Gasteiger partial charge in [0.25, 0.3) is 0 Å². The highest BCUT2D eigenvalue weighted by atomic mass is 32.1. The molecule has 1 aliphatic rings. The van der Waals surface area contributed by atoms with Gasteiger partial charge < -0.3 is 40.8 Å². The smallest absolute Gasteiger partial charge is 0.246 e. The summed E-state index contributed by atoms with van der Waals surface area (Å²) in [6, 6.07) is 5.75. The lowest BCUT2D eigenvalue weighted by atomic mass is 9.83. The van der Waals surface area contributed by atoms with Crippen LogP contribution in [0.2, 0.25) is 0 Å². The number of ether oxygens (including phenoxy) is 1. The molecular formula is C44H66N10O9S. The molecule has 0 bridgehead atoms. The molecule has 3 atom stereocenters. The molecule has 2 aromatic heterocycles. The topological polar surface area (TPSA) is 248 Å². The SMILES string of the molecule is Cc1ncsc1-c1ccc(CNC(=O)C2CCCN2C(=O)C(NC(=O)C(C)(C)CCOC(C)(C)Cn2cc(CCCC(=O)NCCC(=O)NC(CO)CON=O)nn2)C(C)(C)C)cc1. The number of benzene rings is 1. The molecule has 352 valence electrons. The Bertz CT molecular complexity index is 2030. The molecule has 0 saturated carbocycles. The van der Waals surface area contributed by atoms with Crippen molar-refractivity contribution in [3.05, 3.63) is 57.8 Å². The van der Waals surface area contributed by atoms with E-state index in [2.05, 4.69) is 46.7 Å². The van der Waals surface area contributed by atoms with Gasteiger partial charge in [0.2, 0.25) is 29.5 Å². The molecule has 19 nitrogen and oxygen atoms in total. The number of aliphatic hydroxyl groups excluding tert-OH is 1. The van der Waals surface area contributed by atoms with Crippen LogP contribution in [0, 0.1) is 22.7 Å². The first-order valence-electron chi connectivity index (χ1n) is 21.8. The molecule has 1 saturated heterocycles. The monoisotopic (exact) mass is 910 g/mol. The Hall–Kier alpha value is -5.34. The van der Waals surface area contributed by atoms with Gasteiger partial charge in [0, 0.05) is 50.7 Å². The number of amides is 5. The van der Waals surface area contributed by atoms with Crippen LogP contribution in [0.5, 0.6) is 0 Å². The normalized spacial score (nSPS) is 15.3.